The Morgan fingerprint density at radius 2 is 1.77 bits per heavy atom. The van der Waals surface area contributed by atoms with Crippen LogP contribution in [0.3, 0.4) is 0 Å². The lowest BCUT2D eigenvalue weighted by molar-refractivity contribution is -0.116. The Morgan fingerprint density at radius 1 is 1.09 bits per heavy atom. The summed E-state index contributed by atoms with van der Waals surface area (Å²) in [6.07, 6.45) is 1.91. The fraction of sp³-hybridized carbons (Fsp3) is 0.235. The number of carbonyl (C=O) groups excluding carboxylic acids is 1. The molecule has 0 aliphatic rings. The zero-order chi connectivity index (χ0) is 15.7. The Morgan fingerprint density at radius 3 is 2.50 bits per heavy atom. The summed E-state index contributed by atoms with van der Waals surface area (Å²) in [5.74, 6) is 0.228. The van der Waals surface area contributed by atoms with Crippen LogP contribution in [0.4, 0.5) is 5.95 Å². The monoisotopic (exact) mass is 294 g/mol. The molecule has 5 nitrogen and oxygen atoms in total. The van der Waals surface area contributed by atoms with Crippen molar-refractivity contribution in [3.8, 4) is 0 Å². The average molecular weight is 294 g/mol. The maximum absolute atomic E-state index is 12.2. The molecule has 0 spiro atoms. The molecule has 0 aliphatic carbocycles. The molecule has 3 aromatic rings. The minimum atomic E-state index is -0.135. The largest absolute Gasteiger partial charge is 0.338 e. The third kappa shape index (κ3) is 2.70. The molecule has 1 N–H and O–H groups in total. The molecule has 0 aliphatic heterocycles. The quantitative estimate of drug-likeness (QED) is 0.808. The van der Waals surface area contributed by atoms with E-state index in [-0.39, 0.29) is 12.5 Å². The van der Waals surface area contributed by atoms with Crippen molar-refractivity contribution in [2.75, 3.05) is 5.32 Å². The van der Waals surface area contributed by atoms with Crippen molar-refractivity contribution in [1.29, 1.82) is 0 Å². The Bertz CT molecular complexity index is 828. The smallest absolute Gasteiger partial charge is 0.246 e. The number of hydrogen-bond acceptors (Lipinski definition) is 3. The summed E-state index contributed by atoms with van der Waals surface area (Å²) in [4.78, 5) is 20.8. The highest BCUT2D eigenvalue weighted by atomic mass is 16.2. The van der Waals surface area contributed by atoms with Crippen LogP contribution in [0, 0.1) is 20.8 Å². The molecule has 2 aromatic heterocycles. The standard InChI is InChI=1S/C17H18N4O/c1-11-12(2)18-17(19-13(11)3)20-16(22)10-21-9-8-14-6-4-5-7-15(14)21/h4-9H,10H2,1-3H3,(H,18,19,20,22). The molecule has 22 heavy (non-hydrogen) atoms. The van der Waals surface area contributed by atoms with Crippen molar-refractivity contribution in [1.82, 2.24) is 14.5 Å². The number of anilines is 1. The van der Waals surface area contributed by atoms with Crippen molar-refractivity contribution in [3.05, 3.63) is 53.5 Å². The summed E-state index contributed by atoms with van der Waals surface area (Å²) in [7, 11) is 0. The van der Waals surface area contributed by atoms with Gasteiger partial charge >= 0.3 is 0 Å². The van der Waals surface area contributed by atoms with E-state index in [1.54, 1.807) is 0 Å². The first kappa shape index (κ1) is 14.3. The Labute approximate surface area is 129 Å². The number of hydrogen-bond donors (Lipinski definition) is 1. The molecule has 112 valence electrons. The maximum Gasteiger partial charge on any atom is 0.246 e. The van der Waals surface area contributed by atoms with E-state index in [1.165, 1.54) is 0 Å². The molecule has 0 atom stereocenters. The number of rotatable bonds is 3. The van der Waals surface area contributed by atoms with Gasteiger partial charge in [0.2, 0.25) is 11.9 Å². The van der Waals surface area contributed by atoms with Crippen LogP contribution in [0.5, 0.6) is 0 Å². The van der Waals surface area contributed by atoms with E-state index in [0.717, 1.165) is 27.9 Å². The van der Waals surface area contributed by atoms with Gasteiger partial charge in [-0.15, -0.1) is 0 Å². The number of aryl methyl sites for hydroxylation is 2. The highest BCUT2D eigenvalue weighted by Crippen LogP contribution is 2.15. The summed E-state index contributed by atoms with van der Waals surface area (Å²) < 4.78 is 1.92. The van der Waals surface area contributed by atoms with E-state index in [2.05, 4.69) is 15.3 Å². The van der Waals surface area contributed by atoms with Gasteiger partial charge in [-0.05, 0) is 43.9 Å². The highest BCUT2D eigenvalue weighted by Gasteiger charge is 2.10. The molecule has 3 rings (SSSR count). The number of fused-ring (bicyclic) bond motifs is 1. The Balaban J connectivity index is 1.78. The van der Waals surface area contributed by atoms with Crippen LogP contribution in [0.1, 0.15) is 17.0 Å². The number of nitrogens with one attached hydrogen (secondary N) is 1. The van der Waals surface area contributed by atoms with E-state index >= 15 is 0 Å². The highest BCUT2D eigenvalue weighted by molar-refractivity contribution is 5.90. The second-order valence-electron chi connectivity index (χ2n) is 5.39. The molecule has 2 heterocycles. The second-order valence-corrected chi connectivity index (χ2v) is 5.39. The SMILES string of the molecule is Cc1nc(NC(=O)Cn2ccc3ccccc32)nc(C)c1C. The average Bonchev–Trinajstić information content (AvgIpc) is 2.88. The first-order valence-corrected chi connectivity index (χ1v) is 7.20. The van der Waals surface area contributed by atoms with Gasteiger partial charge in [0.05, 0.1) is 0 Å². The molecule has 0 fully saturated rings. The Hall–Kier alpha value is -2.69. The normalized spacial score (nSPS) is 10.9. The zero-order valence-electron chi connectivity index (χ0n) is 12.9. The van der Waals surface area contributed by atoms with Crippen molar-refractivity contribution < 1.29 is 4.79 Å². The van der Waals surface area contributed by atoms with Crippen LogP contribution in [0.25, 0.3) is 10.9 Å². The van der Waals surface area contributed by atoms with Gasteiger partial charge in [-0.2, -0.15) is 0 Å². The molecular formula is C17H18N4O. The van der Waals surface area contributed by atoms with Gasteiger partial charge in [0.1, 0.15) is 6.54 Å². The van der Waals surface area contributed by atoms with Gasteiger partial charge < -0.3 is 4.57 Å². The van der Waals surface area contributed by atoms with E-state index < -0.39 is 0 Å². The van der Waals surface area contributed by atoms with Crippen LogP contribution in [0.15, 0.2) is 36.5 Å². The lowest BCUT2D eigenvalue weighted by Crippen LogP contribution is -2.20. The fourth-order valence-electron chi connectivity index (χ4n) is 2.43. The van der Waals surface area contributed by atoms with Crippen LogP contribution >= 0.6 is 0 Å². The number of carbonyl (C=O) groups is 1. The van der Waals surface area contributed by atoms with Gasteiger partial charge in [-0.25, -0.2) is 9.97 Å². The van der Waals surface area contributed by atoms with Crippen molar-refractivity contribution in [2.24, 2.45) is 0 Å². The van der Waals surface area contributed by atoms with Gasteiger partial charge in [0.15, 0.2) is 0 Å². The molecule has 0 unspecified atom stereocenters. The minimum absolute atomic E-state index is 0.135. The van der Waals surface area contributed by atoms with Crippen LogP contribution in [0.2, 0.25) is 0 Å². The van der Waals surface area contributed by atoms with Gasteiger partial charge in [0, 0.05) is 23.1 Å². The third-order valence-corrected chi connectivity index (χ3v) is 3.88. The summed E-state index contributed by atoms with van der Waals surface area (Å²) in [5.41, 5.74) is 3.85. The lowest BCUT2D eigenvalue weighted by atomic mass is 10.2. The first-order chi connectivity index (χ1) is 10.5. The third-order valence-electron chi connectivity index (χ3n) is 3.88. The fourth-order valence-corrected chi connectivity index (χ4v) is 2.43. The second kappa shape index (κ2) is 5.60. The van der Waals surface area contributed by atoms with Crippen LogP contribution in [-0.2, 0) is 11.3 Å². The molecule has 0 bridgehead atoms. The number of nitrogens with zero attached hydrogens (tertiary/aromatic N) is 3. The summed E-state index contributed by atoms with van der Waals surface area (Å²) in [6.45, 7) is 6.04. The predicted octanol–water partition coefficient (Wildman–Crippen LogP) is 3.00. The number of aromatic nitrogens is 3. The minimum Gasteiger partial charge on any atom is -0.338 e. The van der Waals surface area contributed by atoms with E-state index in [0.29, 0.717) is 5.95 Å². The van der Waals surface area contributed by atoms with Crippen molar-refractivity contribution in [3.63, 3.8) is 0 Å². The zero-order valence-corrected chi connectivity index (χ0v) is 12.9. The molecule has 1 aromatic carbocycles. The first-order valence-electron chi connectivity index (χ1n) is 7.20. The van der Waals surface area contributed by atoms with E-state index in [1.807, 2.05) is 61.9 Å². The predicted molar refractivity (Wildman–Crippen MR) is 86.8 cm³/mol. The number of amides is 1. The van der Waals surface area contributed by atoms with Crippen LogP contribution < -0.4 is 5.32 Å². The molecule has 0 saturated heterocycles. The number of benzene rings is 1. The maximum atomic E-state index is 12.2. The van der Waals surface area contributed by atoms with E-state index in [4.69, 9.17) is 0 Å². The molecular weight excluding hydrogens is 276 g/mol. The summed E-state index contributed by atoms with van der Waals surface area (Å²) in [6, 6.07) is 9.98. The van der Waals surface area contributed by atoms with Crippen LogP contribution in [-0.4, -0.2) is 20.4 Å². The van der Waals surface area contributed by atoms with Crippen molar-refractivity contribution in [2.45, 2.75) is 27.3 Å². The van der Waals surface area contributed by atoms with Gasteiger partial charge in [-0.3, -0.25) is 10.1 Å². The number of para-hydroxylation sites is 1. The van der Waals surface area contributed by atoms with Gasteiger partial charge in [0.25, 0.3) is 0 Å². The summed E-state index contributed by atoms with van der Waals surface area (Å²) in [5, 5.41) is 3.89. The summed E-state index contributed by atoms with van der Waals surface area (Å²) >= 11 is 0. The molecule has 0 saturated carbocycles. The van der Waals surface area contributed by atoms with E-state index in [9.17, 15) is 4.79 Å². The van der Waals surface area contributed by atoms with Crippen molar-refractivity contribution >= 4 is 22.8 Å². The molecule has 1 amide bonds. The molecule has 0 radical (unpaired) electrons. The topological polar surface area (TPSA) is 59.8 Å². The van der Waals surface area contributed by atoms with Gasteiger partial charge in [-0.1, -0.05) is 18.2 Å². The Kier molecular flexibility index (Phi) is 3.63. The lowest BCUT2D eigenvalue weighted by Gasteiger charge is -2.09. The molecule has 5 heteroatoms.